The lowest BCUT2D eigenvalue weighted by atomic mass is 10.1. The Morgan fingerprint density at radius 3 is 2.70 bits per heavy atom. The number of rotatable bonds is 8. The number of benzene rings is 3. The Hall–Kier alpha value is -3.62. The first-order valence-corrected chi connectivity index (χ1v) is 11.5. The Morgan fingerprint density at radius 2 is 1.85 bits per heavy atom. The number of thioether (sulfide) groups is 1. The van der Waals surface area contributed by atoms with Crippen molar-refractivity contribution >= 4 is 39.2 Å². The van der Waals surface area contributed by atoms with E-state index >= 15 is 0 Å². The molecule has 2 heterocycles. The molecule has 8 heteroatoms. The molecule has 0 aliphatic carbocycles. The monoisotopic (exact) mass is 458 g/mol. The van der Waals surface area contributed by atoms with Crippen molar-refractivity contribution in [1.82, 2.24) is 19.2 Å². The molecule has 0 aliphatic rings. The average molecular weight is 459 g/mol. The summed E-state index contributed by atoms with van der Waals surface area (Å²) in [7, 11) is 0. The zero-order chi connectivity index (χ0) is 22.8. The van der Waals surface area contributed by atoms with E-state index < -0.39 is 6.10 Å². The van der Waals surface area contributed by atoms with E-state index in [1.165, 1.54) is 11.8 Å². The molecule has 1 N–H and O–H groups in total. The summed E-state index contributed by atoms with van der Waals surface area (Å²) in [5, 5.41) is 22.5. The van der Waals surface area contributed by atoms with Crippen LogP contribution < -0.4 is 10.3 Å². The van der Waals surface area contributed by atoms with Gasteiger partial charge in [0, 0.05) is 12.3 Å². The minimum Gasteiger partial charge on any atom is -0.491 e. The lowest BCUT2D eigenvalue weighted by Crippen LogP contribution is -2.23. The molecule has 166 valence electrons. The highest BCUT2D eigenvalue weighted by molar-refractivity contribution is 7.99. The maximum Gasteiger partial charge on any atom is 0.263 e. The highest BCUT2D eigenvalue weighted by Gasteiger charge is 2.17. The number of allylic oxidation sites excluding steroid dienone is 1. The van der Waals surface area contributed by atoms with Crippen LogP contribution in [0.15, 0.2) is 89.3 Å². The zero-order valence-corrected chi connectivity index (χ0v) is 18.6. The average Bonchev–Trinajstić information content (AvgIpc) is 3.28. The minimum absolute atomic E-state index is 0.134. The first-order chi connectivity index (χ1) is 16.2. The summed E-state index contributed by atoms with van der Waals surface area (Å²) in [5.41, 5.74) is 0.595. The fourth-order valence-corrected chi connectivity index (χ4v) is 4.63. The van der Waals surface area contributed by atoms with Gasteiger partial charge in [0.15, 0.2) is 5.16 Å². The van der Waals surface area contributed by atoms with Crippen molar-refractivity contribution in [3.05, 3.63) is 89.7 Å². The standard InChI is InChI=1S/C25H22N4O3S/c1-2-13-28-23(31)21-9-5-6-10-22(21)29-24(28)26-27-25(29)33-16-19(30)15-32-20-12-11-17-7-3-4-8-18(17)14-20/h2-12,14,19,30H,1,13,15-16H2. The van der Waals surface area contributed by atoms with Gasteiger partial charge in [-0.25, -0.2) is 0 Å². The number of fused-ring (bicyclic) bond motifs is 4. The summed E-state index contributed by atoms with van der Waals surface area (Å²) in [6.45, 7) is 4.23. The second-order valence-corrected chi connectivity index (χ2v) is 8.61. The van der Waals surface area contributed by atoms with E-state index in [1.54, 1.807) is 16.7 Å². The van der Waals surface area contributed by atoms with Gasteiger partial charge in [-0.1, -0.05) is 60.3 Å². The molecule has 0 bridgehead atoms. The van der Waals surface area contributed by atoms with Crippen LogP contribution in [0.1, 0.15) is 0 Å². The molecule has 1 atom stereocenters. The molecule has 0 aliphatic heterocycles. The van der Waals surface area contributed by atoms with Crippen LogP contribution in [0.5, 0.6) is 5.75 Å². The van der Waals surface area contributed by atoms with Crippen molar-refractivity contribution in [3.8, 4) is 5.75 Å². The van der Waals surface area contributed by atoms with Crippen molar-refractivity contribution in [3.63, 3.8) is 0 Å². The first kappa shape index (κ1) is 21.2. The summed E-state index contributed by atoms with van der Waals surface area (Å²) in [5.74, 6) is 1.52. The predicted molar refractivity (Wildman–Crippen MR) is 131 cm³/mol. The third-order valence-corrected chi connectivity index (χ3v) is 6.43. The van der Waals surface area contributed by atoms with Gasteiger partial charge in [0.2, 0.25) is 5.78 Å². The number of nitrogens with zero attached hydrogens (tertiary/aromatic N) is 4. The van der Waals surface area contributed by atoms with Crippen molar-refractivity contribution in [2.45, 2.75) is 17.8 Å². The summed E-state index contributed by atoms with van der Waals surface area (Å²) >= 11 is 1.37. The lowest BCUT2D eigenvalue weighted by molar-refractivity contribution is 0.126. The SMILES string of the molecule is C=CCn1c(=O)c2ccccc2n2c(SCC(O)COc3ccc4ccccc4c3)nnc12. The van der Waals surface area contributed by atoms with Crippen LogP contribution in [0, 0.1) is 0 Å². The smallest absolute Gasteiger partial charge is 0.263 e. The minimum atomic E-state index is -0.709. The van der Waals surface area contributed by atoms with Crippen LogP contribution in [-0.4, -0.2) is 42.7 Å². The molecule has 0 saturated carbocycles. The molecule has 5 rings (SSSR count). The molecular weight excluding hydrogens is 436 g/mol. The number of hydrogen-bond donors (Lipinski definition) is 1. The van der Waals surface area contributed by atoms with Crippen LogP contribution in [0.3, 0.4) is 0 Å². The van der Waals surface area contributed by atoms with E-state index in [9.17, 15) is 9.90 Å². The Bertz CT molecular complexity index is 1530. The van der Waals surface area contributed by atoms with Crippen LogP contribution in [-0.2, 0) is 6.54 Å². The van der Waals surface area contributed by atoms with Crippen LogP contribution in [0.4, 0.5) is 0 Å². The quantitative estimate of drug-likeness (QED) is 0.280. The molecule has 0 spiro atoms. The van der Waals surface area contributed by atoms with E-state index in [4.69, 9.17) is 4.74 Å². The van der Waals surface area contributed by atoms with Crippen molar-refractivity contribution < 1.29 is 9.84 Å². The zero-order valence-electron chi connectivity index (χ0n) is 17.8. The Morgan fingerprint density at radius 1 is 1.06 bits per heavy atom. The maximum atomic E-state index is 12.9. The molecule has 0 amide bonds. The molecule has 5 aromatic rings. The van der Waals surface area contributed by atoms with Gasteiger partial charge in [-0.05, 0) is 35.0 Å². The Labute approximate surface area is 193 Å². The molecule has 33 heavy (non-hydrogen) atoms. The number of hydrogen-bond acceptors (Lipinski definition) is 6. The Kier molecular flexibility index (Phi) is 5.85. The van der Waals surface area contributed by atoms with E-state index in [-0.39, 0.29) is 12.2 Å². The highest BCUT2D eigenvalue weighted by Crippen LogP contribution is 2.23. The van der Waals surface area contributed by atoms with Crippen LogP contribution >= 0.6 is 11.8 Å². The van der Waals surface area contributed by atoms with E-state index in [2.05, 4.69) is 16.8 Å². The molecule has 0 saturated heterocycles. The normalized spacial score (nSPS) is 12.4. The molecular formula is C25H22N4O3S. The molecule has 7 nitrogen and oxygen atoms in total. The Balaban J connectivity index is 1.34. The first-order valence-electron chi connectivity index (χ1n) is 10.6. The van der Waals surface area contributed by atoms with Gasteiger partial charge in [0.1, 0.15) is 12.4 Å². The number of para-hydroxylation sites is 1. The van der Waals surface area contributed by atoms with Gasteiger partial charge < -0.3 is 9.84 Å². The molecule has 3 aromatic carbocycles. The number of aliphatic hydroxyl groups excluding tert-OH is 1. The molecule has 2 aromatic heterocycles. The summed E-state index contributed by atoms with van der Waals surface area (Å²) in [4.78, 5) is 12.9. The number of aromatic nitrogens is 4. The van der Waals surface area contributed by atoms with Crippen LogP contribution in [0.2, 0.25) is 0 Å². The fraction of sp³-hybridized carbons (Fsp3) is 0.160. The van der Waals surface area contributed by atoms with Crippen molar-refractivity contribution in [2.24, 2.45) is 0 Å². The lowest BCUT2D eigenvalue weighted by Gasteiger charge is -2.13. The third-order valence-electron chi connectivity index (χ3n) is 5.36. The van der Waals surface area contributed by atoms with Crippen molar-refractivity contribution in [2.75, 3.05) is 12.4 Å². The second-order valence-electron chi connectivity index (χ2n) is 7.62. The second kappa shape index (κ2) is 9.09. The maximum absolute atomic E-state index is 12.9. The predicted octanol–water partition coefficient (Wildman–Crippen LogP) is 3.92. The molecule has 1 unspecified atom stereocenters. The summed E-state index contributed by atoms with van der Waals surface area (Å²) < 4.78 is 9.20. The van der Waals surface area contributed by atoms with Crippen molar-refractivity contribution in [1.29, 1.82) is 0 Å². The number of ether oxygens (including phenoxy) is 1. The highest BCUT2D eigenvalue weighted by atomic mass is 32.2. The van der Waals surface area contributed by atoms with Gasteiger partial charge in [-0.2, -0.15) is 0 Å². The summed E-state index contributed by atoms with van der Waals surface area (Å²) in [6, 6.07) is 21.3. The van der Waals surface area contributed by atoms with E-state index in [1.807, 2.05) is 65.1 Å². The topological polar surface area (TPSA) is 81.7 Å². The fourth-order valence-electron chi connectivity index (χ4n) is 3.79. The molecule has 0 radical (unpaired) electrons. The largest absolute Gasteiger partial charge is 0.491 e. The van der Waals surface area contributed by atoms with Gasteiger partial charge in [0.05, 0.1) is 17.0 Å². The van der Waals surface area contributed by atoms with Gasteiger partial charge in [-0.3, -0.25) is 13.8 Å². The number of aliphatic hydroxyl groups is 1. The summed E-state index contributed by atoms with van der Waals surface area (Å²) in [6.07, 6.45) is 0.949. The van der Waals surface area contributed by atoms with E-state index in [0.717, 1.165) is 16.3 Å². The van der Waals surface area contributed by atoms with Crippen LogP contribution in [0.25, 0.3) is 27.5 Å². The third kappa shape index (κ3) is 4.10. The van der Waals surface area contributed by atoms with E-state index in [0.29, 0.717) is 34.4 Å². The van der Waals surface area contributed by atoms with Gasteiger partial charge >= 0.3 is 0 Å². The van der Waals surface area contributed by atoms with Gasteiger partial charge in [0.25, 0.3) is 5.56 Å². The molecule has 0 fully saturated rings. The van der Waals surface area contributed by atoms with Gasteiger partial charge in [-0.15, -0.1) is 16.8 Å².